The van der Waals surface area contributed by atoms with Crippen LogP contribution in [0.2, 0.25) is 0 Å². The minimum atomic E-state index is -0.208. The lowest BCUT2D eigenvalue weighted by Gasteiger charge is -2.12. The fraction of sp³-hybridized carbons (Fsp3) is 0.0417. The molecule has 4 aromatic rings. The Hall–Kier alpha value is -4.19. The molecule has 6 heteroatoms. The van der Waals surface area contributed by atoms with Crippen molar-refractivity contribution in [3.8, 4) is 11.4 Å². The normalized spacial score (nSPS) is 11.2. The van der Waals surface area contributed by atoms with E-state index in [1.165, 1.54) is 6.33 Å². The molecule has 0 fully saturated rings. The number of carbonyl (C=O) groups excluding carboxylic acids is 1. The molecule has 0 aliphatic carbocycles. The molecule has 4 rings (SSSR count). The molecule has 0 bridgehead atoms. The zero-order valence-electron chi connectivity index (χ0n) is 16.4. The molecule has 1 N–H and O–H groups in total. The second-order valence-electron chi connectivity index (χ2n) is 6.51. The van der Waals surface area contributed by atoms with E-state index in [9.17, 15) is 4.79 Å². The molecule has 0 spiro atoms. The minimum absolute atomic E-state index is 0.208. The summed E-state index contributed by atoms with van der Waals surface area (Å²) in [4.78, 5) is 17.1. The fourth-order valence-electron chi connectivity index (χ4n) is 3.08. The summed E-state index contributed by atoms with van der Waals surface area (Å²) in [5.41, 5.74) is 3.74. The Balaban J connectivity index is 1.64. The maximum absolute atomic E-state index is 13.2. The van der Waals surface area contributed by atoms with Crippen LogP contribution < -0.4 is 10.1 Å². The Morgan fingerprint density at radius 3 is 2.40 bits per heavy atom. The van der Waals surface area contributed by atoms with Gasteiger partial charge in [-0.1, -0.05) is 48.5 Å². The number of benzene rings is 3. The summed E-state index contributed by atoms with van der Waals surface area (Å²) < 4.78 is 7.09. The molecule has 1 amide bonds. The molecule has 0 unspecified atom stereocenters. The van der Waals surface area contributed by atoms with E-state index >= 15 is 0 Å². The average Bonchev–Trinajstić information content (AvgIpc) is 3.34. The van der Waals surface area contributed by atoms with Crippen LogP contribution in [-0.2, 0) is 4.79 Å². The first-order valence-corrected chi connectivity index (χ1v) is 9.41. The number of rotatable bonds is 6. The number of para-hydroxylation sites is 1. The van der Waals surface area contributed by atoms with Gasteiger partial charge in [0.15, 0.2) is 0 Å². The molecule has 148 valence electrons. The number of nitrogens with zero attached hydrogens (tertiary/aromatic N) is 3. The van der Waals surface area contributed by atoms with Crippen LogP contribution in [0.25, 0.3) is 17.3 Å². The van der Waals surface area contributed by atoms with Crippen molar-refractivity contribution in [2.75, 3.05) is 12.4 Å². The first kappa shape index (κ1) is 19.1. The number of hydrogen-bond donors (Lipinski definition) is 1. The third kappa shape index (κ3) is 4.28. The third-order valence-corrected chi connectivity index (χ3v) is 4.58. The summed E-state index contributed by atoms with van der Waals surface area (Å²) >= 11 is 0. The summed E-state index contributed by atoms with van der Waals surface area (Å²) in [5.74, 6) is 0.497. The van der Waals surface area contributed by atoms with E-state index in [0.717, 1.165) is 16.8 Å². The predicted octanol–water partition coefficient (Wildman–Crippen LogP) is 4.46. The van der Waals surface area contributed by atoms with Crippen LogP contribution in [-0.4, -0.2) is 27.8 Å². The van der Waals surface area contributed by atoms with E-state index in [1.807, 2.05) is 84.9 Å². The van der Waals surface area contributed by atoms with Crippen LogP contribution in [0.4, 0.5) is 5.69 Å². The zero-order valence-corrected chi connectivity index (χ0v) is 16.4. The molecule has 0 aliphatic heterocycles. The Morgan fingerprint density at radius 1 is 0.967 bits per heavy atom. The Labute approximate surface area is 174 Å². The number of aromatic nitrogens is 3. The van der Waals surface area contributed by atoms with Crippen LogP contribution >= 0.6 is 0 Å². The van der Waals surface area contributed by atoms with Crippen molar-refractivity contribution in [1.82, 2.24) is 14.8 Å². The van der Waals surface area contributed by atoms with E-state index < -0.39 is 0 Å². The highest BCUT2D eigenvalue weighted by Gasteiger charge is 2.14. The van der Waals surface area contributed by atoms with Gasteiger partial charge in [-0.15, -0.1) is 0 Å². The number of hydrogen-bond acceptors (Lipinski definition) is 4. The third-order valence-electron chi connectivity index (χ3n) is 4.58. The highest BCUT2D eigenvalue weighted by atomic mass is 16.5. The standard InChI is InChI=1S/C24H20N4O2/c1-30-23-10-6-5-9-19(23)15-22(18-7-3-2-4-8-18)24(29)27-20-11-13-21(14-12-20)28-17-25-16-26-28/h2-17H,1H3,(H,27,29)/b22-15+. The van der Waals surface area contributed by atoms with Gasteiger partial charge in [0.1, 0.15) is 18.4 Å². The van der Waals surface area contributed by atoms with Gasteiger partial charge in [-0.05, 0) is 42.0 Å². The van der Waals surface area contributed by atoms with E-state index in [0.29, 0.717) is 17.0 Å². The molecular weight excluding hydrogens is 376 g/mol. The molecule has 1 aromatic heterocycles. The summed E-state index contributed by atoms with van der Waals surface area (Å²) in [6.45, 7) is 0. The lowest BCUT2D eigenvalue weighted by atomic mass is 10.0. The number of anilines is 1. The topological polar surface area (TPSA) is 69.0 Å². The lowest BCUT2D eigenvalue weighted by molar-refractivity contribution is -0.111. The van der Waals surface area contributed by atoms with Crippen molar-refractivity contribution in [3.05, 3.63) is 103 Å². The maximum atomic E-state index is 13.2. The second-order valence-corrected chi connectivity index (χ2v) is 6.51. The SMILES string of the molecule is COc1ccccc1/C=C(/C(=O)Nc1ccc(-n2cncn2)cc1)c1ccccc1. The highest BCUT2D eigenvalue weighted by molar-refractivity contribution is 6.29. The fourth-order valence-corrected chi connectivity index (χ4v) is 3.08. The number of amides is 1. The second kappa shape index (κ2) is 8.87. The van der Waals surface area contributed by atoms with Gasteiger partial charge in [0.05, 0.1) is 12.8 Å². The van der Waals surface area contributed by atoms with Gasteiger partial charge < -0.3 is 10.1 Å². The minimum Gasteiger partial charge on any atom is -0.496 e. The van der Waals surface area contributed by atoms with Gasteiger partial charge in [-0.3, -0.25) is 4.79 Å². The van der Waals surface area contributed by atoms with Gasteiger partial charge in [0.2, 0.25) is 0 Å². The summed E-state index contributed by atoms with van der Waals surface area (Å²) in [6.07, 6.45) is 4.94. The first-order valence-electron chi connectivity index (χ1n) is 9.41. The summed E-state index contributed by atoms with van der Waals surface area (Å²) in [5, 5.41) is 7.08. The molecule has 0 radical (unpaired) electrons. The van der Waals surface area contributed by atoms with Gasteiger partial charge in [0.25, 0.3) is 5.91 Å². The van der Waals surface area contributed by atoms with Gasteiger partial charge >= 0.3 is 0 Å². The Kier molecular flexibility index (Phi) is 5.66. The molecule has 1 heterocycles. The Bertz CT molecular complexity index is 1150. The molecule has 3 aromatic carbocycles. The number of carbonyl (C=O) groups is 1. The number of methoxy groups -OCH3 is 1. The van der Waals surface area contributed by atoms with Crippen LogP contribution in [0, 0.1) is 0 Å². The molecular formula is C24H20N4O2. The molecule has 30 heavy (non-hydrogen) atoms. The monoisotopic (exact) mass is 396 g/mol. The Morgan fingerprint density at radius 2 is 1.70 bits per heavy atom. The van der Waals surface area contributed by atoms with Gasteiger partial charge in [0, 0.05) is 16.8 Å². The molecule has 0 saturated carbocycles. The molecule has 0 saturated heterocycles. The summed E-state index contributed by atoms with van der Waals surface area (Å²) in [6, 6.07) is 24.6. The van der Waals surface area contributed by atoms with E-state index in [4.69, 9.17) is 4.74 Å². The van der Waals surface area contributed by atoms with Crippen LogP contribution in [0.15, 0.2) is 91.5 Å². The van der Waals surface area contributed by atoms with Gasteiger partial charge in [-0.25, -0.2) is 9.67 Å². The van der Waals surface area contributed by atoms with Crippen molar-refractivity contribution in [2.24, 2.45) is 0 Å². The van der Waals surface area contributed by atoms with Crippen LogP contribution in [0.3, 0.4) is 0 Å². The number of nitrogens with one attached hydrogen (secondary N) is 1. The average molecular weight is 396 g/mol. The summed E-state index contributed by atoms with van der Waals surface area (Å²) in [7, 11) is 1.62. The zero-order chi connectivity index (χ0) is 20.8. The predicted molar refractivity (Wildman–Crippen MR) is 117 cm³/mol. The smallest absolute Gasteiger partial charge is 0.256 e. The van der Waals surface area contributed by atoms with E-state index in [2.05, 4.69) is 15.4 Å². The lowest BCUT2D eigenvalue weighted by Crippen LogP contribution is -2.13. The van der Waals surface area contributed by atoms with Crippen molar-refractivity contribution in [2.45, 2.75) is 0 Å². The molecule has 0 atom stereocenters. The largest absolute Gasteiger partial charge is 0.496 e. The van der Waals surface area contributed by atoms with Crippen LogP contribution in [0.1, 0.15) is 11.1 Å². The van der Waals surface area contributed by atoms with E-state index in [-0.39, 0.29) is 5.91 Å². The van der Waals surface area contributed by atoms with Crippen molar-refractivity contribution in [1.29, 1.82) is 0 Å². The van der Waals surface area contributed by atoms with E-state index in [1.54, 1.807) is 18.1 Å². The van der Waals surface area contributed by atoms with Crippen molar-refractivity contribution < 1.29 is 9.53 Å². The van der Waals surface area contributed by atoms with Gasteiger partial charge in [-0.2, -0.15) is 5.10 Å². The quantitative estimate of drug-likeness (QED) is 0.386. The highest BCUT2D eigenvalue weighted by Crippen LogP contribution is 2.26. The van der Waals surface area contributed by atoms with Crippen molar-refractivity contribution in [3.63, 3.8) is 0 Å². The number of ether oxygens (including phenoxy) is 1. The maximum Gasteiger partial charge on any atom is 0.256 e. The first-order chi connectivity index (χ1) is 14.7. The van der Waals surface area contributed by atoms with Crippen molar-refractivity contribution >= 4 is 23.2 Å². The van der Waals surface area contributed by atoms with Crippen LogP contribution in [0.5, 0.6) is 5.75 Å². The molecule has 0 aliphatic rings. The molecule has 6 nitrogen and oxygen atoms in total.